The average molecular weight is 417 g/mol. The second-order valence-electron chi connectivity index (χ2n) is 6.85. The number of aromatic amines is 1. The molecule has 0 radical (unpaired) electrons. The first-order valence-corrected chi connectivity index (χ1v) is 9.50. The Balaban J connectivity index is 1.38. The van der Waals surface area contributed by atoms with Crippen molar-refractivity contribution in [1.29, 1.82) is 0 Å². The van der Waals surface area contributed by atoms with Crippen LogP contribution in [0.15, 0.2) is 71.5 Å². The second-order valence-corrected chi connectivity index (χ2v) is 6.85. The number of carbonyl (C=O) groups is 3. The standard InChI is InChI=1S/C22H19N5O4/c1-13(23-22(30)19-17-7-2-3-8-18(17)26-27-19)20(28)24-15-5-4-6-16(11-15)25-21(29)14-9-10-31-12-14/h2-13H,1H3,(H,23,30)(H,24,28)(H,25,29)(H,26,27). The summed E-state index contributed by atoms with van der Waals surface area (Å²) in [5, 5.41) is 15.6. The van der Waals surface area contributed by atoms with Gasteiger partial charge in [-0.2, -0.15) is 5.10 Å². The van der Waals surface area contributed by atoms with Crippen LogP contribution in [0.3, 0.4) is 0 Å². The molecule has 2 heterocycles. The summed E-state index contributed by atoms with van der Waals surface area (Å²) in [6.07, 6.45) is 2.75. The molecule has 156 valence electrons. The van der Waals surface area contributed by atoms with E-state index in [4.69, 9.17) is 4.42 Å². The van der Waals surface area contributed by atoms with Crippen LogP contribution < -0.4 is 16.0 Å². The number of carbonyl (C=O) groups excluding carboxylic acids is 3. The highest BCUT2D eigenvalue weighted by atomic mass is 16.3. The lowest BCUT2D eigenvalue weighted by Gasteiger charge is -2.14. The first-order chi connectivity index (χ1) is 15.0. The fourth-order valence-electron chi connectivity index (χ4n) is 2.99. The van der Waals surface area contributed by atoms with Crippen LogP contribution in [0.25, 0.3) is 10.9 Å². The van der Waals surface area contributed by atoms with Gasteiger partial charge in [0.25, 0.3) is 11.8 Å². The number of hydrogen-bond acceptors (Lipinski definition) is 5. The zero-order chi connectivity index (χ0) is 21.8. The van der Waals surface area contributed by atoms with Crippen LogP contribution in [0.2, 0.25) is 0 Å². The molecule has 4 rings (SSSR count). The molecule has 4 aromatic rings. The molecule has 9 heteroatoms. The molecule has 0 fully saturated rings. The van der Waals surface area contributed by atoms with Gasteiger partial charge in [0.15, 0.2) is 5.69 Å². The van der Waals surface area contributed by atoms with E-state index in [1.165, 1.54) is 12.5 Å². The van der Waals surface area contributed by atoms with Gasteiger partial charge in [0.2, 0.25) is 5.91 Å². The zero-order valence-electron chi connectivity index (χ0n) is 16.5. The minimum Gasteiger partial charge on any atom is -0.472 e. The lowest BCUT2D eigenvalue weighted by Crippen LogP contribution is -2.41. The Bertz CT molecular complexity index is 1250. The SMILES string of the molecule is CC(NC(=O)c1n[nH]c2ccccc12)C(=O)Nc1cccc(NC(=O)c2ccoc2)c1. The van der Waals surface area contributed by atoms with Crippen LogP contribution >= 0.6 is 0 Å². The molecule has 0 saturated carbocycles. The quantitative estimate of drug-likeness (QED) is 0.383. The number of amides is 3. The molecule has 0 bridgehead atoms. The number of H-pyrrole nitrogens is 1. The van der Waals surface area contributed by atoms with Gasteiger partial charge in [0.05, 0.1) is 17.3 Å². The number of para-hydroxylation sites is 1. The first kappa shape index (κ1) is 19.9. The first-order valence-electron chi connectivity index (χ1n) is 9.50. The maximum Gasteiger partial charge on any atom is 0.273 e. The normalized spacial score (nSPS) is 11.6. The minimum atomic E-state index is -0.813. The highest BCUT2D eigenvalue weighted by Crippen LogP contribution is 2.17. The van der Waals surface area contributed by atoms with Crippen molar-refractivity contribution in [2.75, 3.05) is 10.6 Å². The molecule has 0 spiro atoms. The summed E-state index contributed by atoms with van der Waals surface area (Å²) in [5.41, 5.74) is 2.32. The number of nitrogens with zero attached hydrogens (tertiary/aromatic N) is 1. The van der Waals surface area contributed by atoms with Crippen molar-refractivity contribution in [3.05, 3.63) is 78.4 Å². The topological polar surface area (TPSA) is 129 Å². The van der Waals surface area contributed by atoms with Crippen molar-refractivity contribution in [2.24, 2.45) is 0 Å². The molecule has 1 unspecified atom stereocenters. The van der Waals surface area contributed by atoms with Gasteiger partial charge in [-0.25, -0.2) is 0 Å². The van der Waals surface area contributed by atoms with Crippen molar-refractivity contribution in [3.63, 3.8) is 0 Å². The maximum atomic E-state index is 12.5. The monoisotopic (exact) mass is 417 g/mol. The van der Waals surface area contributed by atoms with Gasteiger partial charge in [0, 0.05) is 16.8 Å². The van der Waals surface area contributed by atoms with E-state index >= 15 is 0 Å². The van der Waals surface area contributed by atoms with Crippen molar-refractivity contribution >= 4 is 40.0 Å². The van der Waals surface area contributed by atoms with E-state index in [0.29, 0.717) is 22.3 Å². The highest BCUT2D eigenvalue weighted by Gasteiger charge is 2.20. The minimum absolute atomic E-state index is 0.221. The molecule has 2 aromatic carbocycles. The third kappa shape index (κ3) is 4.45. The van der Waals surface area contributed by atoms with E-state index < -0.39 is 17.9 Å². The van der Waals surface area contributed by atoms with Gasteiger partial charge in [-0.1, -0.05) is 24.3 Å². The Morgan fingerprint density at radius 1 is 0.968 bits per heavy atom. The van der Waals surface area contributed by atoms with E-state index in [1.54, 1.807) is 43.3 Å². The number of rotatable bonds is 6. The predicted octanol–water partition coefficient (Wildman–Crippen LogP) is 3.17. The van der Waals surface area contributed by atoms with Crippen LogP contribution in [0, 0.1) is 0 Å². The fraction of sp³-hybridized carbons (Fsp3) is 0.0909. The summed E-state index contributed by atoms with van der Waals surface area (Å²) in [6, 6.07) is 14.7. The zero-order valence-corrected chi connectivity index (χ0v) is 16.5. The van der Waals surface area contributed by atoms with E-state index in [0.717, 1.165) is 5.52 Å². The van der Waals surface area contributed by atoms with Crippen LogP contribution in [-0.2, 0) is 4.79 Å². The fourth-order valence-corrected chi connectivity index (χ4v) is 2.99. The van der Waals surface area contributed by atoms with Gasteiger partial charge in [-0.3, -0.25) is 19.5 Å². The highest BCUT2D eigenvalue weighted by molar-refractivity contribution is 6.07. The molecule has 0 aliphatic heterocycles. The predicted molar refractivity (Wildman–Crippen MR) is 115 cm³/mol. The van der Waals surface area contributed by atoms with Crippen LogP contribution in [0.5, 0.6) is 0 Å². The lowest BCUT2D eigenvalue weighted by molar-refractivity contribution is -0.117. The van der Waals surface area contributed by atoms with Crippen molar-refractivity contribution in [2.45, 2.75) is 13.0 Å². The molecular weight excluding hydrogens is 398 g/mol. The number of furan rings is 1. The number of anilines is 2. The van der Waals surface area contributed by atoms with Gasteiger partial charge in [-0.15, -0.1) is 0 Å². The summed E-state index contributed by atoms with van der Waals surface area (Å²) in [4.78, 5) is 37.2. The Labute approximate surface area is 176 Å². The third-order valence-corrected chi connectivity index (χ3v) is 4.60. The summed E-state index contributed by atoms with van der Waals surface area (Å²) >= 11 is 0. The summed E-state index contributed by atoms with van der Waals surface area (Å²) in [6.45, 7) is 1.58. The number of aromatic nitrogens is 2. The second kappa shape index (κ2) is 8.54. The Morgan fingerprint density at radius 2 is 1.74 bits per heavy atom. The summed E-state index contributed by atoms with van der Waals surface area (Å²) in [5.74, 6) is -1.20. The van der Waals surface area contributed by atoms with Crippen LogP contribution in [-0.4, -0.2) is 34.0 Å². The van der Waals surface area contributed by atoms with Crippen molar-refractivity contribution < 1.29 is 18.8 Å². The van der Waals surface area contributed by atoms with Gasteiger partial charge in [0.1, 0.15) is 12.3 Å². The molecule has 2 aromatic heterocycles. The van der Waals surface area contributed by atoms with Crippen LogP contribution in [0.1, 0.15) is 27.8 Å². The molecule has 0 saturated heterocycles. The summed E-state index contributed by atoms with van der Waals surface area (Å²) in [7, 11) is 0. The smallest absolute Gasteiger partial charge is 0.273 e. The number of benzene rings is 2. The number of fused-ring (bicyclic) bond motifs is 1. The Hall–Kier alpha value is -4.40. The molecule has 1 atom stereocenters. The molecule has 4 N–H and O–H groups in total. The number of hydrogen-bond donors (Lipinski definition) is 4. The van der Waals surface area contributed by atoms with Crippen molar-refractivity contribution in [3.8, 4) is 0 Å². The van der Waals surface area contributed by atoms with E-state index in [2.05, 4.69) is 26.1 Å². The Morgan fingerprint density at radius 3 is 2.52 bits per heavy atom. The average Bonchev–Trinajstić information content (AvgIpc) is 3.44. The van der Waals surface area contributed by atoms with E-state index in [-0.39, 0.29) is 11.6 Å². The van der Waals surface area contributed by atoms with Gasteiger partial charge < -0.3 is 20.4 Å². The lowest BCUT2D eigenvalue weighted by atomic mass is 10.2. The van der Waals surface area contributed by atoms with E-state index in [1.807, 2.05) is 18.2 Å². The van der Waals surface area contributed by atoms with Gasteiger partial charge >= 0.3 is 0 Å². The molecule has 0 aliphatic carbocycles. The van der Waals surface area contributed by atoms with E-state index in [9.17, 15) is 14.4 Å². The molecule has 3 amide bonds. The Kier molecular flexibility index (Phi) is 5.48. The van der Waals surface area contributed by atoms with Crippen LogP contribution in [0.4, 0.5) is 11.4 Å². The van der Waals surface area contributed by atoms with Gasteiger partial charge in [-0.05, 0) is 37.3 Å². The maximum absolute atomic E-state index is 12.5. The van der Waals surface area contributed by atoms with Crippen molar-refractivity contribution in [1.82, 2.24) is 15.5 Å². The number of nitrogens with one attached hydrogen (secondary N) is 4. The molecule has 31 heavy (non-hydrogen) atoms. The molecule has 9 nitrogen and oxygen atoms in total. The summed E-state index contributed by atoms with van der Waals surface area (Å²) < 4.78 is 4.90. The largest absolute Gasteiger partial charge is 0.472 e. The molecular formula is C22H19N5O4. The third-order valence-electron chi connectivity index (χ3n) is 4.60. The molecule has 0 aliphatic rings.